The fraction of sp³-hybridized carbons (Fsp3) is 0.174. The van der Waals surface area contributed by atoms with Gasteiger partial charge >= 0.3 is 5.97 Å². The molecule has 0 N–H and O–H groups in total. The number of ether oxygens (including phenoxy) is 3. The molecule has 0 aliphatic carbocycles. The number of aromatic nitrogens is 2. The van der Waals surface area contributed by atoms with Crippen molar-refractivity contribution >= 4 is 38.6 Å². The van der Waals surface area contributed by atoms with Crippen LogP contribution in [-0.4, -0.2) is 28.6 Å². The Bertz CT molecular complexity index is 1370. The van der Waals surface area contributed by atoms with E-state index in [2.05, 4.69) is 4.98 Å². The lowest BCUT2D eigenvalue weighted by molar-refractivity contribution is -0.139. The molecule has 156 valence electrons. The molecule has 0 radical (unpaired) electrons. The van der Waals surface area contributed by atoms with Crippen LogP contribution in [0, 0.1) is 0 Å². The molecule has 0 saturated heterocycles. The molecule has 0 bridgehead atoms. The molecule has 0 spiro atoms. The Morgan fingerprint density at radius 2 is 1.97 bits per heavy atom. The number of carbonyl (C=O) groups is 1. The van der Waals surface area contributed by atoms with Crippen molar-refractivity contribution in [3.63, 3.8) is 0 Å². The standard InChI is InChI=1S/C23H18N2O5S/c26-21-13-16(24-23-25(21)17-4-1-2-5-20(17)31-23)14-30-22(27)9-7-15-6-8-18-19(12-15)29-11-3-10-28-18/h1-2,4-9,12-13H,3,10-11,14H2. The highest BCUT2D eigenvalue weighted by atomic mass is 32.1. The van der Waals surface area contributed by atoms with E-state index in [4.69, 9.17) is 14.2 Å². The summed E-state index contributed by atoms with van der Waals surface area (Å²) in [5.74, 6) is 0.839. The maximum atomic E-state index is 12.5. The topological polar surface area (TPSA) is 79.1 Å². The monoisotopic (exact) mass is 434 g/mol. The van der Waals surface area contributed by atoms with Gasteiger partial charge in [0.2, 0.25) is 0 Å². The van der Waals surface area contributed by atoms with Gasteiger partial charge in [0.15, 0.2) is 16.5 Å². The maximum absolute atomic E-state index is 12.5. The molecule has 31 heavy (non-hydrogen) atoms. The van der Waals surface area contributed by atoms with Gasteiger partial charge in [-0.05, 0) is 35.9 Å². The van der Waals surface area contributed by atoms with Gasteiger partial charge in [0, 0.05) is 18.6 Å². The lowest BCUT2D eigenvalue weighted by atomic mass is 10.2. The first kappa shape index (κ1) is 19.3. The number of fused-ring (bicyclic) bond motifs is 4. The van der Waals surface area contributed by atoms with Crippen LogP contribution in [-0.2, 0) is 16.1 Å². The second kappa shape index (κ2) is 8.23. The molecular weight excluding hydrogens is 416 g/mol. The van der Waals surface area contributed by atoms with Gasteiger partial charge in [-0.3, -0.25) is 9.20 Å². The van der Waals surface area contributed by atoms with E-state index in [1.165, 1.54) is 23.5 Å². The van der Waals surface area contributed by atoms with Gasteiger partial charge in [0.25, 0.3) is 5.56 Å². The number of hydrogen-bond donors (Lipinski definition) is 0. The fourth-order valence-electron chi connectivity index (χ4n) is 3.34. The summed E-state index contributed by atoms with van der Waals surface area (Å²) < 4.78 is 19.1. The molecule has 0 fully saturated rings. The van der Waals surface area contributed by atoms with Crippen molar-refractivity contribution < 1.29 is 19.0 Å². The van der Waals surface area contributed by atoms with E-state index < -0.39 is 5.97 Å². The SMILES string of the molecule is O=C(C=Cc1ccc2c(c1)OCCCO2)OCc1cc(=O)n2c(n1)sc1ccccc12. The molecule has 7 nitrogen and oxygen atoms in total. The van der Waals surface area contributed by atoms with Crippen LogP contribution in [0.3, 0.4) is 0 Å². The quantitative estimate of drug-likeness (QED) is 0.359. The summed E-state index contributed by atoms with van der Waals surface area (Å²) in [6, 6.07) is 14.5. The summed E-state index contributed by atoms with van der Waals surface area (Å²) in [5.41, 5.74) is 1.83. The smallest absolute Gasteiger partial charge is 0.331 e. The molecule has 0 atom stereocenters. The normalized spacial score (nSPS) is 13.5. The average molecular weight is 434 g/mol. The minimum atomic E-state index is -0.523. The summed E-state index contributed by atoms with van der Waals surface area (Å²) >= 11 is 1.42. The lowest BCUT2D eigenvalue weighted by Gasteiger charge is -2.07. The second-order valence-corrected chi connectivity index (χ2v) is 7.98. The van der Waals surface area contributed by atoms with Crippen LogP contribution in [0.2, 0.25) is 0 Å². The van der Waals surface area contributed by atoms with Gasteiger partial charge in [0.05, 0.1) is 29.1 Å². The van der Waals surface area contributed by atoms with E-state index in [1.54, 1.807) is 10.5 Å². The highest BCUT2D eigenvalue weighted by Gasteiger charge is 2.11. The Morgan fingerprint density at radius 3 is 2.87 bits per heavy atom. The first-order valence-corrected chi connectivity index (χ1v) is 10.6. The number of hydrogen-bond acceptors (Lipinski definition) is 7. The van der Waals surface area contributed by atoms with Gasteiger partial charge in [0.1, 0.15) is 6.61 Å². The Balaban J connectivity index is 1.28. The van der Waals surface area contributed by atoms with Crippen molar-refractivity contribution in [3.05, 3.63) is 76.2 Å². The van der Waals surface area contributed by atoms with Crippen LogP contribution in [0.15, 0.2) is 59.4 Å². The van der Waals surface area contributed by atoms with Crippen LogP contribution in [0.1, 0.15) is 17.7 Å². The van der Waals surface area contributed by atoms with E-state index in [0.29, 0.717) is 35.4 Å². The maximum Gasteiger partial charge on any atom is 0.331 e. The van der Waals surface area contributed by atoms with Crippen molar-refractivity contribution in [2.24, 2.45) is 0 Å². The zero-order valence-electron chi connectivity index (χ0n) is 16.4. The molecule has 5 rings (SSSR count). The average Bonchev–Trinajstić information content (AvgIpc) is 2.99. The molecule has 0 saturated carbocycles. The van der Waals surface area contributed by atoms with Crippen LogP contribution in [0.25, 0.3) is 21.3 Å². The zero-order valence-corrected chi connectivity index (χ0v) is 17.3. The van der Waals surface area contributed by atoms with Crippen molar-refractivity contribution in [1.82, 2.24) is 9.38 Å². The minimum Gasteiger partial charge on any atom is -0.490 e. The lowest BCUT2D eigenvalue weighted by Crippen LogP contribution is -2.14. The summed E-state index contributed by atoms with van der Waals surface area (Å²) in [6.45, 7) is 1.14. The number of benzene rings is 2. The van der Waals surface area contributed by atoms with Crippen LogP contribution in [0.4, 0.5) is 0 Å². The highest BCUT2D eigenvalue weighted by Crippen LogP contribution is 2.30. The molecule has 0 unspecified atom stereocenters. The highest BCUT2D eigenvalue weighted by molar-refractivity contribution is 7.23. The number of carbonyl (C=O) groups excluding carboxylic acids is 1. The summed E-state index contributed by atoms with van der Waals surface area (Å²) in [7, 11) is 0. The Hall–Kier alpha value is -3.65. The Labute approximate surface area is 181 Å². The van der Waals surface area contributed by atoms with Gasteiger partial charge < -0.3 is 14.2 Å². The van der Waals surface area contributed by atoms with Crippen molar-refractivity contribution in [2.45, 2.75) is 13.0 Å². The predicted molar refractivity (Wildman–Crippen MR) is 118 cm³/mol. The first-order chi connectivity index (χ1) is 15.2. The van der Waals surface area contributed by atoms with Gasteiger partial charge in [-0.2, -0.15) is 0 Å². The Kier molecular flexibility index (Phi) is 5.13. The van der Waals surface area contributed by atoms with Crippen molar-refractivity contribution in [3.8, 4) is 11.5 Å². The molecule has 1 aliphatic rings. The van der Waals surface area contributed by atoms with Crippen LogP contribution in [0.5, 0.6) is 11.5 Å². The predicted octanol–water partition coefficient (Wildman–Crippen LogP) is 3.83. The molecule has 2 aromatic heterocycles. The van der Waals surface area contributed by atoms with Crippen molar-refractivity contribution in [1.29, 1.82) is 0 Å². The Morgan fingerprint density at radius 1 is 1.13 bits per heavy atom. The van der Waals surface area contributed by atoms with Gasteiger partial charge in [-0.1, -0.05) is 29.5 Å². The van der Waals surface area contributed by atoms with E-state index in [-0.39, 0.29) is 12.2 Å². The second-order valence-electron chi connectivity index (χ2n) is 6.97. The third-order valence-corrected chi connectivity index (χ3v) is 5.82. The van der Waals surface area contributed by atoms with Crippen LogP contribution >= 0.6 is 11.3 Å². The number of esters is 1. The number of nitrogens with zero attached hydrogens (tertiary/aromatic N) is 2. The molecule has 8 heteroatoms. The third-order valence-electron chi connectivity index (χ3n) is 4.79. The summed E-state index contributed by atoms with van der Waals surface area (Å²) in [5, 5.41) is 0. The van der Waals surface area contributed by atoms with Crippen molar-refractivity contribution in [2.75, 3.05) is 13.2 Å². The summed E-state index contributed by atoms with van der Waals surface area (Å²) in [4.78, 5) is 29.7. The largest absolute Gasteiger partial charge is 0.490 e. The van der Waals surface area contributed by atoms with E-state index in [0.717, 1.165) is 22.2 Å². The molecule has 2 aromatic carbocycles. The van der Waals surface area contributed by atoms with Gasteiger partial charge in [-0.25, -0.2) is 9.78 Å². The fourth-order valence-corrected chi connectivity index (χ4v) is 4.39. The number of thiazole rings is 1. The van der Waals surface area contributed by atoms with E-state index in [9.17, 15) is 9.59 Å². The zero-order chi connectivity index (χ0) is 21.2. The first-order valence-electron chi connectivity index (χ1n) is 9.82. The number of rotatable bonds is 4. The molecule has 0 amide bonds. The van der Waals surface area contributed by atoms with E-state index in [1.807, 2.05) is 42.5 Å². The summed E-state index contributed by atoms with van der Waals surface area (Å²) in [6.07, 6.45) is 3.82. The molecule has 4 aromatic rings. The number of para-hydroxylation sites is 1. The van der Waals surface area contributed by atoms with Gasteiger partial charge in [-0.15, -0.1) is 0 Å². The minimum absolute atomic E-state index is 0.0791. The van der Waals surface area contributed by atoms with Crippen LogP contribution < -0.4 is 15.0 Å². The third kappa shape index (κ3) is 4.02. The van der Waals surface area contributed by atoms with E-state index >= 15 is 0 Å². The molecular formula is C23H18N2O5S. The molecule has 1 aliphatic heterocycles. The molecule has 3 heterocycles.